The summed E-state index contributed by atoms with van der Waals surface area (Å²) in [5, 5.41) is 6.49. The lowest BCUT2D eigenvalue weighted by Crippen LogP contribution is -2.34. The lowest BCUT2D eigenvalue weighted by molar-refractivity contribution is 0.0975. The normalized spacial score (nSPS) is 16.1. The van der Waals surface area contributed by atoms with Gasteiger partial charge in [-0.3, -0.25) is 14.9 Å². The van der Waals surface area contributed by atoms with Gasteiger partial charge < -0.3 is 11.1 Å². The summed E-state index contributed by atoms with van der Waals surface area (Å²) in [5.41, 5.74) is 7.94. The van der Waals surface area contributed by atoms with Crippen LogP contribution in [0, 0.1) is 14.9 Å². The molecule has 2 amide bonds. The number of benzene rings is 1. The minimum atomic E-state index is -0.467. The molecule has 3 rings (SSSR count). The van der Waals surface area contributed by atoms with Crippen LogP contribution in [-0.4, -0.2) is 16.9 Å². The molecule has 8 heteroatoms. The Kier molecular flexibility index (Phi) is 6.64. The molecule has 1 aliphatic rings. The van der Waals surface area contributed by atoms with Gasteiger partial charge in [-0.1, -0.05) is 26.8 Å². The SMILES string of the molecule is CC(C)(C)[C@@H]1CCc2c(sc(NC(=S)NC(=O)c3cccc(I)c3)c2C(N)=O)C1. The van der Waals surface area contributed by atoms with Crippen molar-refractivity contribution in [3.05, 3.63) is 49.4 Å². The van der Waals surface area contributed by atoms with E-state index in [0.29, 0.717) is 22.0 Å². The number of hydrogen-bond donors (Lipinski definition) is 3. The Morgan fingerprint density at radius 2 is 2.03 bits per heavy atom. The summed E-state index contributed by atoms with van der Waals surface area (Å²) in [6, 6.07) is 7.24. The fraction of sp³-hybridized carbons (Fsp3) is 0.381. The van der Waals surface area contributed by atoms with Crippen molar-refractivity contribution in [1.29, 1.82) is 0 Å². The molecule has 1 atom stereocenters. The molecule has 1 aromatic heterocycles. The monoisotopic (exact) mass is 541 g/mol. The molecule has 1 aliphatic carbocycles. The minimum Gasteiger partial charge on any atom is -0.365 e. The molecular weight excluding hydrogens is 517 g/mol. The Balaban J connectivity index is 1.79. The summed E-state index contributed by atoms with van der Waals surface area (Å²) < 4.78 is 0.962. The third kappa shape index (κ3) is 5.16. The molecule has 0 fully saturated rings. The third-order valence-corrected chi connectivity index (χ3v) is 7.32. The first-order valence-electron chi connectivity index (χ1n) is 9.38. The third-order valence-electron chi connectivity index (χ3n) is 5.28. The highest BCUT2D eigenvalue weighted by molar-refractivity contribution is 14.1. The number of halogens is 1. The van der Waals surface area contributed by atoms with Crippen LogP contribution in [-0.2, 0) is 12.8 Å². The maximum Gasteiger partial charge on any atom is 0.257 e. The largest absolute Gasteiger partial charge is 0.365 e. The quantitative estimate of drug-likeness (QED) is 0.388. The van der Waals surface area contributed by atoms with Crippen LogP contribution in [0.3, 0.4) is 0 Å². The molecule has 1 heterocycles. The number of anilines is 1. The zero-order valence-corrected chi connectivity index (χ0v) is 20.4. The number of fused-ring (bicyclic) bond motifs is 1. The summed E-state index contributed by atoms with van der Waals surface area (Å²) in [6.07, 6.45) is 2.78. The second kappa shape index (κ2) is 8.69. The Labute approximate surface area is 194 Å². The molecule has 154 valence electrons. The Bertz CT molecular complexity index is 979. The van der Waals surface area contributed by atoms with Gasteiger partial charge in [0.2, 0.25) is 0 Å². The molecule has 0 bridgehead atoms. The van der Waals surface area contributed by atoms with E-state index < -0.39 is 5.91 Å². The molecule has 0 radical (unpaired) electrons. The van der Waals surface area contributed by atoms with Crippen molar-refractivity contribution in [2.45, 2.75) is 40.0 Å². The van der Waals surface area contributed by atoms with E-state index in [0.717, 1.165) is 28.4 Å². The molecule has 0 saturated carbocycles. The number of carbonyl (C=O) groups is 2. The van der Waals surface area contributed by atoms with Gasteiger partial charge in [0.1, 0.15) is 5.00 Å². The molecule has 0 spiro atoms. The van der Waals surface area contributed by atoms with Crippen LogP contribution in [0.4, 0.5) is 5.00 Å². The van der Waals surface area contributed by atoms with Crippen molar-refractivity contribution >= 4 is 68.1 Å². The number of thiophene rings is 1. The van der Waals surface area contributed by atoms with Crippen LogP contribution in [0.15, 0.2) is 24.3 Å². The van der Waals surface area contributed by atoms with E-state index in [9.17, 15) is 9.59 Å². The molecule has 1 aromatic carbocycles. The van der Waals surface area contributed by atoms with Crippen LogP contribution in [0.5, 0.6) is 0 Å². The maximum atomic E-state index is 12.4. The van der Waals surface area contributed by atoms with Gasteiger partial charge in [0.05, 0.1) is 5.56 Å². The molecule has 5 nitrogen and oxygen atoms in total. The molecule has 2 aromatic rings. The van der Waals surface area contributed by atoms with Gasteiger partial charge >= 0.3 is 0 Å². The standard InChI is InChI=1S/C21H24IN3O2S2/c1-21(2,3)12-7-8-14-15(10-12)29-19(16(14)17(23)26)25-20(28)24-18(27)11-5-4-6-13(22)9-11/h4-6,9,12H,7-8,10H2,1-3H3,(H2,23,26)(H2,24,25,27,28)/t12-/m1/s1. The van der Waals surface area contributed by atoms with Crippen molar-refractivity contribution in [2.24, 2.45) is 17.1 Å². The van der Waals surface area contributed by atoms with Gasteiger partial charge in [-0.25, -0.2) is 0 Å². The molecule has 29 heavy (non-hydrogen) atoms. The number of nitrogens with one attached hydrogen (secondary N) is 2. The highest BCUT2D eigenvalue weighted by Crippen LogP contribution is 2.44. The first-order valence-corrected chi connectivity index (χ1v) is 11.7. The lowest BCUT2D eigenvalue weighted by Gasteiger charge is -2.33. The van der Waals surface area contributed by atoms with Crippen molar-refractivity contribution in [1.82, 2.24) is 5.32 Å². The first-order chi connectivity index (χ1) is 13.6. The van der Waals surface area contributed by atoms with E-state index in [-0.39, 0.29) is 16.4 Å². The average Bonchev–Trinajstić information content (AvgIpc) is 2.97. The number of primary amides is 1. The summed E-state index contributed by atoms with van der Waals surface area (Å²) >= 11 is 8.99. The van der Waals surface area contributed by atoms with Crippen molar-refractivity contribution in [2.75, 3.05) is 5.32 Å². The smallest absolute Gasteiger partial charge is 0.257 e. The summed E-state index contributed by atoms with van der Waals surface area (Å²) in [5.74, 6) is -0.212. The number of carbonyl (C=O) groups excluding carboxylic acids is 2. The average molecular weight is 541 g/mol. The van der Waals surface area contributed by atoms with E-state index in [4.69, 9.17) is 18.0 Å². The van der Waals surface area contributed by atoms with E-state index in [1.807, 2.05) is 12.1 Å². The van der Waals surface area contributed by atoms with Gasteiger partial charge in [0.15, 0.2) is 5.11 Å². The Morgan fingerprint density at radius 1 is 1.31 bits per heavy atom. The Morgan fingerprint density at radius 3 is 2.66 bits per heavy atom. The van der Waals surface area contributed by atoms with Crippen molar-refractivity contribution in [3.63, 3.8) is 0 Å². The molecule has 0 aliphatic heterocycles. The zero-order chi connectivity index (χ0) is 21.3. The number of hydrogen-bond acceptors (Lipinski definition) is 4. The predicted octanol–water partition coefficient (Wildman–Crippen LogP) is 4.73. The highest BCUT2D eigenvalue weighted by Gasteiger charge is 2.33. The molecule has 0 unspecified atom stereocenters. The highest BCUT2D eigenvalue weighted by atomic mass is 127. The fourth-order valence-corrected chi connectivity index (χ4v) is 5.75. The number of rotatable bonds is 3. The second-order valence-electron chi connectivity index (χ2n) is 8.30. The van der Waals surface area contributed by atoms with E-state index in [2.05, 4.69) is 54.0 Å². The topological polar surface area (TPSA) is 84.2 Å². The first kappa shape index (κ1) is 22.2. The maximum absolute atomic E-state index is 12.4. The molecular formula is C21H24IN3O2S2. The molecule has 0 saturated heterocycles. The fourth-order valence-electron chi connectivity index (χ4n) is 3.61. The van der Waals surface area contributed by atoms with Gasteiger partial charge in [-0.2, -0.15) is 0 Å². The van der Waals surface area contributed by atoms with Crippen LogP contribution < -0.4 is 16.4 Å². The van der Waals surface area contributed by atoms with E-state index in [1.165, 1.54) is 16.2 Å². The van der Waals surface area contributed by atoms with Gasteiger partial charge in [0.25, 0.3) is 11.8 Å². The van der Waals surface area contributed by atoms with E-state index in [1.54, 1.807) is 12.1 Å². The zero-order valence-electron chi connectivity index (χ0n) is 16.6. The van der Waals surface area contributed by atoms with Gasteiger partial charge in [0, 0.05) is 14.0 Å². The van der Waals surface area contributed by atoms with E-state index >= 15 is 0 Å². The van der Waals surface area contributed by atoms with Crippen LogP contribution in [0.25, 0.3) is 0 Å². The predicted molar refractivity (Wildman–Crippen MR) is 131 cm³/mol. The number of nitrogens with two attached hydrogens (primary N) is 1. The minimum absolute atomic E-state index is 0.155. The number of thiocarbonyl (C=S) groups is 1. The lowest BCUT2D eigenvalue weighted by atomic mass is 9.72. The number of amides is 2. The van der Waals surface area contributed by atoms with Gasteiger partial charge in [-0.05, 0) is 89.2 Å². The summed E-state index contributed by atoms with van der Waals surface area (Å²) in [6.45, 7) is 6.75. The van der Waals surface area contributed by atoms with Crippen LogP contribution >= 0.6 is 46.1 Å². The summed E-state index contributed by atoms with van der Waals surface area (Å²) in [4.78, 5) is 25.8. The van der Waals surface area contributed by atoms with Crippen LogP contribution in [0.2, 0.25) is 0 Å². The van der Waals surface area contributed by atoms with Crippen LogP contribution in [0.1, 0.15) is 58.3 Å². The molecule has 4 N–H and O–H groups in total. The summed E-state index contributed by atoms with van der Waals surface area (Å²) in [7, 11) is 0. The van der Waals surface area contributed by atoms with Crippen molar-refractivity contribution in [3.8, 4) is 0 Å². The second-order valence-corrected chi connectivity index (χ2v) is 11.1. The van der Waals surface area contributed by atoms with Crippen molar-refractivity contribution < 1.29 is 9.59 Å². The van der Waals surface area contributed by atoms with Gasteiger partial charge in [-0.15, -0.1) is 11.3 Å². The Hall–Kier alpha value is -1.52.